The van der Waals surface area contributed by atoms with E-state index in [9.17, 15) is 4.79 Å². The number of halogens is 1. The number of amides is 1. The molecule has 0 atom stereocenters. The van der Waals surface area contributed by atoms with Gasteiger partial charge in [0.2, 0.25) is 0 Å². The van der Waals surface area contributed by atoms with Crippen molar-refractivity contribution < 1.29 is 9.53 Å². The lowest BCUT2D eigenvalue weighted by Gasteiger charge is -2.27. The fourth-order valence-corrected chi connectivity index (χ4v) is 3.44. The van der Waals surface area contributed by atoms with E-state index in [0.29, 0.717) is 23.9 Å². The monoisotopic (exact) mass is 354 g/mol. The first-order valence-electron chi connectivity index (χ1n) is 8.37. The number of aromatic nitrogens is 1. The molecule has 0 radical (unpaired) electrons. The first kappa shape index (κ1) is 16.0. The van der Waals surface area contributed by atoms with E-state index in [1.807, 2.05) is 30.0 Å². The highest BCUT2D eigenvalue weighted by Gasteiger charge is 2.24. The number of aryl methyl sites for hydroxylation is 1. The standard InChI is InChI=1S/C20H19ClN2O2/c1-13-10-14(6-7-17(13)21)25-12-20(24)23-9-8-19-16(11-23)15-4-2-3-5-18(15)22-19/h2-7,10,22H,8-9,11-12H2,1H3. The number of carbonyl (C=O) groups excluding carboxylic acids is 1. The van der Waals surface area contributed by atoms with Gasteiger partial charge in [0.05, 0.1) is 0 Å². The Balaban J connectivity index is 1.45. The summed E-state index contributed by atoms with van der Waals surface area (Å²) in [6.07, 6.45) is 0.843. The van der Waals surface area contributed by atoms with E-state index < -0.39 is 0 Å². The molecular formula is C20H19ClN2O2. The van der Waals surface area contributed by atoms with Crippen molar-refractivity contribution in [1.29, 1.82) is 0 Å². The molecule has 4 nitrogen and oxygen atoms in total. The minimum Gasteiger partial charge on any atom is -0.484 e. The number of para-hydroxylation sites is 1. The van der Waals surface area contributed by atoms with E-state index in [0.717, 1.165) is 17.5 Å². The normalized spacial score (nSPS) is 13.8. The zero-order valence-electron chi connectivity index (χ0n) is 14.0. The molecule has 0 saturated heterocycles. The summed E-state index contributed by atoms with van der Waals surface area (Å²) >= 11 is 6.02. The van der Waals surface area contributed by atoms with Crippen LogP contribution in [0.1, 0.15) is 16.8 Å². The zero-order chi connectivity index (χ0) is 17.4. The van der Waals surface area contributed by atoms with Gasteiger partial charge in [-0.3, -0.25) is 4.79 Å². The molecule has 2 heterocycles. The van der Waals surface area contributed by atoms with Gasteiger partial charge in [0.25, 0.3) is 5.91 Å². The van der Waals surface area contributed by atoms with Crippen molar-refractivity contribution in [3.8, 4) is 5.75 Å². The number of carbonyl (C=O) groups is 1. The summed E-state index contributed by atoms with van der Waals surface area (Å²) in [4.78, 5) is 17.9. The predicted molar refractivity (Wildman–Crippen MR) is 99.1 cm³/mol. The molecule has 25 heavy (non-hydrogen) atoms. The van der Waals surface area contributed by atoms with Gasteiger partial charge < -0.3 is 14.6 Å². The summed E-state index contributed by atoms with van der Waals surface area (Å²) in [5, 5.41) is 1.89. The average molecular weight is 355 g/mol. The smallest absolute Gasteiger partial charge is 0.260 e. The van der Waals surface area contributed by atoms with Crippen molar-refractivity contribution in [1.82, 2.24) is 9.88 Å². The molecule has 0 bridgehead atoms. The highest BCUT2D eigenvalue weighted by atomic mass is 35.5. The second-order valence-electron chi connectivity index (χ2n) is 6.39. The van der Waals surface area contributed by atoms with E-state index in [-0.39, 0.29) is 12.5 Å². The van der Waals surface area contributed by atoms with E-state index in [1.54, 1.807) is 12.1 Å². The van der Waals surface area contributed by atoms with Gasteiger partial charge in [-0.05, 0) is 36.8 Å². The molecule has 1 aliphatic heterocycles. The number of nitrogens with one attached hydrogen (secondary N) is 1. The number of ether oxygens (including phenoxy) is 1. The fourth-order valence-electron chi connectivity index (χ4n) is 3.32. The van der Waals surface area contributed by atoms with Gasteiger partial charge in [-0.2, -0.15) is 0 Å². The molecule has 1 amide bonds. The molecule has 0 unspecified atom stereocenters. The summed E-state index contributed by atoms with van der Waals surface area (Å²) in [5.74, 6) is 0.670. The van der Waals surface area contributed by atoms with Crippen LogP contribution in [-0.4, -0.2) is 28.9 Å². The largest absolute Gasteiger partial charge is 0.484 e. The summed E-state index contributed by atoms with van der Waals surface area (Å²) in [6.45, 7) is 3.29. The van der Waals surface area contributed by atoms with Gasteiger partial charge in [-0.25, -0.2) is 0 Å². The minimum absolute atomic E-state index is 0.00327. The van der Waals surface area contributed by atoms with E-state index in [2.05, 4.69) is 17.1 Å². The molecule has 0 aliphatic carbocycles. The maximum absolute atomic E-state index is 12.6. The van der Waals surface area contributed by atoms with Crippen LogP contribution in [-0.2, 0) is 17.8 Å². The first-order chi connectivity index (χ1) is 12.1. The Labute approximate surface area is 151 Å². The Morgan fingerprint density at radius 1 is 1.28 bits per heavy atom. The van der Waals surface area contributed by atoms with Crippen LogP contribution in [0.15, 0.2) is 42.5 Å². The molecule has 3 aromatic rings. The Bertz CT molecular complexity index is 948. The topological polar surface area (TPSA) is 45.3 Å². The predicted octanol–water partition coefficient (Wildman–Crippen LogP) is 4.09. The van der Waals surface area contributed by atoms with E-state index in [1.165, 1.54) is 16.6 Å². The molecule has 0 spiro atoms. The third-order valence-electron chi connectivity index (χ3n) is 4.73. The molecule has 2 aromatic carbocycles. The highest BCUT2D eigenvalue weighted by molar-refractivity contribution is 6.31. The van der Waals surface area contributed by atoms with Crippen LogP contribution in [0.2, 0.25) is 5.02 Å². The van der Waals surface area contributed by atoms with Crippen molar-refractivity contribution >= 4 is 28.4 Å². The highest BCUT2D eigenvalue weighted by Crippen LogP contribution is 2.27. The van der Waals surface area contributed by atoms with Crippen LogP contribution in [0.5, 0.6) is 5.75 Å². The van der Waals surface area contributed by atoms with Gasteiger partial charge in [0, 0.05) is 46.7 Å². The number of H-pyrrole nitrogens is 1. The molecule has 1 aliphatic rings. The summed E-state index contributed by atoms with van der Waals surface area (Å²) < 4.78 is 5.66. The summed E-state index contributed by atoms with van der Waals surface area (Å²) in [5.41, 5.74) is 4.53. The quantitative estimate of drug-likeness (QED) is 0.769. The number of hydrogen-bond donors (Lipinski definition) is 1. The van der Waals surface area contributed by atoms with Crippen LogP contribution < -0.4 is 4.74 Å². The SMILES string of the molecule is Cc1cc(OCC(=O)N2CCc3[nH]c4ccccc4c3C2)ccc1Cl. The van der Waals surface area contributed by atoms with Crippen LogP contribution in [0.3, 0.4) is 0 Å². The molecule has 4 rings (SSSR count). The van der Waals surface area contributed by atoms with Crippen molar-refractivity contribution in [3.63, 3.8) is 0 Å². The van der Waals surface area contributed by atoms with Crippen molar-refractivity contribution in [2.75, 3.05) is 13.2 Å². The van der Waals surface area contributed by atoms with Crippen molar-refractivity contribution in [3.05, 3.63) is 64.3 Å². The van der Waals surface area contributed by atoms with Crippen molar-refractivity contribution in [2.45, 2.75) is 19.9 Å². The van der Waals surface area contributed by atoms with Crippen LogP contribution in [0, 0.1) is 6.92 Å². The zero-order valence-corrected chi connectivity index (χ0v) is 14.8. The van der Waals surface area contributed by atoms with Gasteiger partial charge >= 0.3 is 0 Å². The number of benzene rings is 2. The van der Waals surface area contributed by atoms with Crippen LogP contribution in [0.4, 0.5) is 0 Å². The lowest BCUT2D eigenvalue weighted by Crippen LogP contribution is -2.38. The van der Waals surface area contributed by atoms with E-state index >= 15 is 0 Å². The number of fused-ring (bicyclic) bond motifs is 3. The van der Waals surface area contributed by atoms with Crippen molar-refractivity contribution in [2.24, 2.45) is 0 Å². The number of rotatable bonds is 3. The Hall–Kier alpha value is -2.46. The molecule has 0 fully saturated rings. The molecular weight excluding hydrogens is 336 g/mol. The van der Waals surface area contributed by atoms with Gasteiger partial charge in [-0.1, -0.05) is 29.8 Å². The first-order valence-corrected chi connectivity index (χ1v) is 8.75. The van der Waals surface area contributed by atoms with Gasteiger partial charge in [-0.15, -0.1) is 0 Å². The summed E-state index contributed by atoms with van der Waals surface area (Å²) in [7, 11) is 0. The van der Waals surface area contributed by atoms with Crippen LogP contribution >= 0.6 is 11.6 Å². The molecule has 128 valence electrons. The number of nitrogens with zero attached hydrogens (tertiary/aromatic N) is 1. The number of hydrogen-bond acceptors (Lipinski definition) is 2. The third-order valence-corrected chi connectivity index (χ3v) is 5.15. The second kappa shape index (κ2) is 6.45. The van der Waals surface area contributed by atoms with Gasteiger partial charge in [0.15, 0.2) is 6.61 Å². The molecule has 1 aromatic heterocycles. The second-order valence-corrected chi connectivity index (χ2v) is 6.80. The van der Waals surface area contributed by atoms with Crippen LogP contribution in [0.25, 0.3) is 10.9 Å². The summed E-state index contributed by atoms with van der Waals surface area (Å²) in [6, 6.07) is 13.7. The average Bonchev–Trinajstić information content (AvgIpc) is 3.00. The fraction of sp³-hybridized carbons (Fsp3) is 0.250. The molecule has 1 N–H and O–H groups in total. The maximum Gasteiger partial charge on any atom is 0.260 e. The Morgan fingerprint density at radius 3 is 2.96 bits per heavy atom. The molecule has 0 saturated carbocycles. The maximum atomic E-state index is 12.6. The lowest BCUT2D eigenvalue weighted by atomic mass is 10.0. The molecule has 5 heteroatoms. The Kier molecular flexibility index (Phi) is 4.14. The minimum atomic E-state index is 0.00327. The van der Waals surface area contributed by atoms with Gasteiger partial charge in [0.1, 0.15) is 5.75 Å². The number of aromatic amines is 1. The lowest BCUT2D eigenvalue weighted by molar-refractivity contribution is -0.134. The van der Waals surface area contributed by atoms with E-state index in [4.69, 9.17) is 16.3 Å². The Morgan fingerprint density at radius 2 is 2.12 bits per heavy atom. The third kappa shape index (κ3) is 3.10.